The van der Waals surface area contributed by atoms with Crippen molar-refractivity contribution in [2.75, 3.05) is 19.0 Å². The van der Waals surface area contributed by atoms with Crippen molar-refractivity contribution in [2.24, 2.45) is 0 Å². The summed E-state index contributed by atoms with van der Waals surface area (Å²) in [5.74, 6) is -0.233. The van der Waals surface area contributed by atoms with E-state index in [0.717, 1.165) is 22.3 Å². The average molecular weight is 403 g/mol. The Kier molecular flexibility index (Phi) is 7.22. The predicted molar refractivity (Wildman–Crippen MR) is 117 cm³/mol. The molecule has 5 heteroatoms. The molecule has 3 aromatic rings. The summed E-state index contributed by atoms with van der Waals surface area (Å²) in [5.41, 5.74) is 4.61. The first-order chi connectivity index (χ1) is 14.5. The first kappa shape index (κ1) is 21.1. The van der Waals surface area contributed by atoms with Crippen LogP contribution >= 0.6 is 0 Å². The molecule has 3 aromatic carbocycles. The number of carbonyl (C=O) groups excluding carboxylic acids is 2. The van der Waals surface area contributed by atoms with Gasteiger partial charge in [0.05, 0.1) is 13.5 Å². The van der Waals surface area contributed by atoms with E-state index in [1.165, 1.54) is 0 Å². The summed E-state index contributed by atoms with van der Waals surface area (Å²) in [7, 11) is 1.56. The van der Waals surface area contributed by atoms with Crippen LogP contribution in [0.25, 0.3) is 0 Å². The quantitative estimate of drug-likeness (QED) is 0.569. The first-order valence-corrected chi connectivity index (χ1v) is 9.76. The highest BCUT2D eigenvalue weighted by atomic mass is 16.5. The molecule has 0 radical (unpaired) electrons. The molecule has 0 atom stereocenters. The minimum atomic E-state index is -0.480. The predicted octanol–water partition coefficient (Wildman–Crippen LogP) is 4.32. The van der Waals surface area contributed by atoms with Crippen molar-refractivity contribution in [3.8, 4) is 5.75 Å². The van der Waals surface area contributed by atoms with Gasteiger partial charge in [-0.3, -0.25) is 9.59 Å². The highest BCUT2D eigenvalue weighted by Gasteiger charge is 2.13. The summed E-state index contributed by atoms with van der Waals surface area (Å²) in [4.78, 5) is 24.5. The molecule has 5 nitrogen and oxygen atoms in total. The molecule has 1 amide bonds. The number of hydrogen-bond acceptors (Lipinski definition) is 4. The Morgan fingerprint density at radius 3 is 2.40 bits per heavy atom. The number of anilines is 1. The zero-order valence-corrected chi connectivity index (χ0v) is 17.2. The summed E-state index contributed by atoms with van der Waals surface area (Å²) in [6.45, 7) is 1.60. The summed E-state index contributed by atoms with van der Waals surface area (Å²) >= 11 is 0. The van der Waals surface area contributed by atoms with Gasteiger partial charge < -0.3 is 14.8 Å². The van der Waals surface area contributed by atoms with Crippen LogP contribution in [0.15, 0.2) is 72.8 Å². The summed E-state index contributed by atoms with van der Waals surface area (Å²) in [6, 6.07) is 23.2. The van der Waals surface area contributed by atoms with Gasteiger partial charge in [-0.15, -0.1) is 0 Å². The average Bonchev–Trinajstić information content (AvgIpc) is 2.75. The maximum atomic E-state index is 12.3. The van der Waals surface area contributed by atoms with Crippen LogP contribution in [0, 0.1) is 6.92 Å². The van der Waals surface area contributed by atoms with Crippen LogP contribution in [0.1, 0.15) is 22.3 Å². The van der Waals surface area contributed by atoms with Crippen LogP contribution in [-0.4, -0.2) is 25.6 Å². The summed E-state index contributed by atoms with van der Waals surface area (Å²) < 4.78 is 10.5. The maximum Gasteiger partial charge on any atom is 0.310 e. The number of aryl methyl sites for hydroxylation is 1. The normalized spacial score (nSPS) is 10.3. The van der Waals surface area contributed by atoms with Gasteiger partial charge in [0.25, 0.3) is 5.91 Å². The van der Waals surface area contributed by atoms with Crippen LogP contribution in [0.2, 0.25) is 0 Å². The summed E-state index contributed by atoms with van der Waals surface area (Å²) in [5, 5.41) is 2.84. The molecule has 154 valence electrons. The minimum absolute atomic E-state index is 0.0444. The molecular weight excluding hydrogens is 378 g/mol. The van der Waals surface area contributed by atoms with Gasteiger partial charge in [0.2, 0.25) is 0 Å². The lowest BCUT2D eigenvalue weighted by molar-refractivity contribution is -0.146. The molecule has 0 aromatic heterocycles. The minimum Gasteiger partial charge on any atom is -0.496 e. The van der Waals surface area contributed by atoms with E-state index in [9.17, 15) is 9.59 Å². The lowest BCUT2D eigenvalue weighted by Crippen LogP contribution is -2.22. The van der Waals surface area contributed by atoms with Gasteiger partial charge in [-0.05, 0) is 36.6 Å². The molecule has 30 heavy (non-hydrogen) atoms. The third kappa shape index (κ3) is 5.95. The number of amides is 1. The standard InChI is InChI=1S/C25H25NO4/c1-18-12-13-23(29-2)21(14-18)16-25(28)30-17-24(27)26-22-11-7-6-10-20(22)15-19-8-4-3-5-9-19/h3-14H,15-17H2,1-2H3,(H,26,27). The molecule has 0 aliphatic heterocycles. The number of methoxy groups -OCH3 is 1. The fourth-order valence-corrected chi connectivity index (χ4v) is 3.20. The second-order valence-electron chi connectivity index (χ2n) is 7.02. The third-order valence-corrected chi connectivity index (χ3v) is 4.66. The smallest absolute Gasteiger partial charge is 0.310 e. The molecule has 1 N–H and O–H groups in total. The van der Waals surface area contributed by atoms with Gasteiger partial charge in [-0.25, -0.2) is 0 Å². The molecule has 0 fully saturated rings. The first-order valence-electron chi connectivity index (χ1n) is 9.76. The van der Waals surface area contributed by atoms with Crippen LogP contribution < -0.4 is 10.1 Å². The van der Waals surface area contributed by atoms with E-state index in [-0.39, 0.29) is 18.9 Å². The fraction of sp³-hybridized carbons (Fsp3) is 0.200. The van der Waals surface area contributed by atoms with Gasteiger partial charge in [0.15, 0.2) is 6.61 Å². The zero-order valence-electron chi connectivity index (χ0n) is 17.2. The van der Waals surface area contributed by atoms with Crippen LogP contribution in [0.4, 0.5) is 5.69 Å². The van der Waals surface area contributed by atoms with E-state index < -0.39 is 5.97 Å². The largest absolute Gasteiger partial charge is 0.496 e. The Morgan fingerprint density at radius 2 is 1.63 bits per heavy atom. The molecule has 0 aliphatic carbocycles. The van der Waals surface area contributed by atoms with Gasteiger partial charge in [-0.2, -0.15) is 0 Å². The molecular formula is C25H25NO4. The number of ether oxygens (including phenoxy) is 2. The Balaban J connectivity index is 1.56. The Hall–Kier alpha value is -3.60. The van der Waals surface area contributed by atoms with Crippen molar-refractivity contribution < 1.29 is 19.1 Å². The van der Waals surface area contributed by atoms with E-state index in [0.29, 0.717) is 17.9 Å². The molecule has 3 rings (SSSR count). The number of nitrogens with one attached hydrogen (secondary N) is 1. The van der Waals surface area contributed by atoms with Crippen LogP contribution in [0.3, 0.4) is 0 Å². The highest BCUT2D eigenvalue weighted by Crippen LogP contribution is 2.21. The van der Waals surface area contributed by atoms with Crippen molar-refractivity contribution in [2.45, 2.75) is 19.8 Å². The Labute approximate surface area is 176 Å². The van der Waals surface area contributed by atoms with Crippen molar-refractivity contribution in [3.05, 3.63) is 95.1 Å². The molecule has 0 saturated carbocycles. The lowest BCUT2D eigenvalue weighted by atomic mass is 10.0. The zero-order chi connectivity index (χ0) is 21.3. The van der Waals surface area contributed by atoms with Crippen molar-refractivity contribution in [3.63, 3.8) is 0 Å². The van der Waals surface area contributed by atoms with E-state index in [4.69, 9.17) is 9.47 Å². The number of rotatable bonds is 8. The van der Waals surface area contributed by atoms with E-state index in [1.807, 2.05) is 79.7 Å². The Bertz CT molecular complexity index is 1010. The van der Waals surface area contributed by atoms with E-state index in [2.05, 4.69) is 5.32 Å². The number of benzene rings is 3. The second-order valence-corrected chi connectivity index (χ2v) is 7.02. The van der Waals surface area contributed by atoms with Crippen molar-refractivity contribution >= 4 is 17.6 Å². The second kappa shape index (κ2) is 10.3. The molecule has 0 spiro atoms. The monoisotopic (exact) mass is 403 g/mol. The van der Waals surface area contributed by atoms with Crippen LogP contribution in [0.5, 0.6) is 5.75 Å². The summed E-state index contributed by atoms with van der Waals surface area (Å²) in [6.07, 6.45) is 0.743. The fourth-order valence-electron chi connectivity index (χ4n) is 3.20. The lowest BCUT2D eigenvalue weighted by Gasteiger charge is -2.12. The van der Waals surface area contributed by atoms with E-state index in [1.54, 1.807) is 7.11 Å². The maximum absolute atomic E-state index is 12.3. The number of para-hydroxylation sites is 1. The highest BCUT2D eigenvalue weighted by molar-refractivity contribution is 5.93. The molecule has 0 unspecified atom stereocenters. The van der Waals surface area contributed by atoms with Gasteiger partial charge in [0.1, 0.15) is 5.75 Å². The third-order valence-electron chi connectivity index (χ3n) is 4.66. The number of carbonyl (C=O) groups is 2. The van der Waals surface area contributed by atoms with Gasteiger partial charge in [0, 0.05) is 11.3 Å². The van der Waals surface area contributed by atoms with Crippen LogP contribution in [-0.2, 0) is 27.2 Å². The topological polar surface area (TPSA) is 64.6 Å². The number of hydrogen-bond donors (Lipinski definition) is 1. The van der Waals surface area contributed by atoms with E-state index >= 15 is 0 Å². The van der Waals surface area contributed by atoms with Crippen molar-refractivity contribution in [1.29, 1.82) is 0 Å². The van der Waals surface area contributed by atoms with Gasteiger partial charge >= 0.3 is 5.97 Å². The molecule has 0 heterocycles. The number of esters is 1. The van der Waals surface area contributed by atoms with Crippen molar-refractivity contribution in [1.82, 2.24) is 0 Å². The molecule has 0 saturated heterocycles. The van der Waals surface area contributed by atoms with Gasteiger partial charge in [-0.1, -0.05) is 66.2 Å². The Morgan fingerprint density at radius 1 is 0.900 bits per heavy atom. The SMILES string of the molecule is COc1ccc(C)cc1CC(=O)OCC(=O)Nc1ccccc1Cc1ccccc1. The molecule has 0 bridgehead atoms. The molecule has 0 aliphatic rings.